The number of carbonyl (C=O) groups excluding carboxylic acids is 1. The molecule has 1 aromatic carbocycles. The summed E-state index contributed by atoms with van der Waals surface area (Å²) in [6.45, 7) is 1.93. The van der Waals surface area contributed by atoms with Crippen LogP contribution in [0.3, 0.4) is 0 Å². The van der Waals surface area contributed by atoms with Crippen LogP contribution >= 0.6 is 11.3 Å². The SMILES string of the molecule is Cc1nc(CC(=O)c2ccccc2N)cs1. The van der Waals surface area contributed by atoms with Crippen LogP contribution in [0, 0.1) is 6.92 Å². The van der Waals surface area contributed by atoms with Crippen LogP contribution in [0.4, 0.5) is 5.69 Å². The zero-order valence-corrected chi connectivity index (χ0v) is 9.75. The van der Waals surface area contributed by atoms with Gasteiger partial charge in [0.2, 0.25) is 0 Å². The van der Waals surface area contributed by atoms with Crippen molar-refractivity contribution in [2.24, 2.45) is 0 Å². The van der Waals surface area contributed by atoms with Crippen molar-refractivity contribution < 1.29 is 4.79 Å². The number of carbonyl (C=O) groups is 1. The molecule has 0 radical (unpaired) electrons. The Morgan fingerprint density at radius 3 is 2.81 bits per heavy atom. The van der Waals surface area contributed by atoms with Crippen molar-refractivity contribution >= 4 is 22.8 Å². The predicted octanol–water partition coefficient (Wildman–Crippen LogP) is 2.46. The number of thiazole rings is 1. The first-order chi connectivity index (χ1) is 7.66. The van der Waals surface area contributed by atoms with Crippen molar-refractivity contribution in [1.29, 1.82) is 0 Å². The Hall–Kier alpha value is -1.68. The van der Waals surface area contributed by atoms with Crippen LogP contribution in [0.1, 0.15) is 21.1 Å². The first-order valence-corrected chi connectivity index (χ1v) is 5.83. The molecule has 1 aromatic heterocycles. The summed E-state index contributed by atoms with van der Waals surface area (Å²) in [5.41, 5.74) is 7.66. The van der Waals surface area contributed by atoms with Crippen LogP contribution in [0.2, 0.25) is 0 Å². The van der Waals surface area contributed by atoms with Crippen molar-refractivity contribution in [3.63, 3.8) is 0 Å². The quantitative estimate of drug-likeness (QED) is 0.653. The van der Waals surface area contributed by atoms with Crippen LogP contribution in [-0.4, -0.2) is 10.8 Å². The Bertz CT molecular complexity index is 519. The number of para-hydroxylation sites is 1. The third-order valence-corrected chi connectivity index (χ3v) is 3.09. The second kappa shape index (κ2) is 4.45. The minimum atomic E-state index is 0.0170. The Morgan fingerprint density at radius 2 is 2.19 bits per heavy atom. The second-order valence-corrected chi connectivity index (χ2v) is 4.61. The average molecular weight is 232 g/mol. The molecule has 0 unspecified atom stereocenters. The summed E-state index contributed by atoms with van der Waals surface area (Å²) in [7, 11) is 0. The van der Waals surface area contributed by atoms with Gasteiger partial charge in [-0.05, 0) is 19.1 Å². The molecular formula is C12H12N2OS. The molecular weight excluding hydrogens is 220 g/mol. The number of ketones is 1. The molecule has 0 saturated heterocycles. The van der Waals surface area contributed by atoms with Gasteiger partial charge in [0.25, 0.3) is 0 Å². The van der Waals surface area contributed by atoms with Gasteiger partial charge in [0.05, 0.1) is 17.1 Å². The molecule has 0 atom stereocenters. The third kappa shape index (κ3) is 2.28. The number of Topliss-reactive ketones (excluding diaryl/α,β-unsaturated/α-hetero) is 1. The first kappa shape index (κ1) is 10.8. The van der Waals surface area contributed by atoms with Gasteiger partial charge in [-0.25, -0.2) is 4.98 Å². The lowest BCUT2D eigenvalue weighted by Gasteiger charge is -2.02. The number of aromatic nitrogens is 1. The fraction of sp³-hybridized carbons (Fsp3) is 0.167. The van der Waals surface area contributed by atoms with E-state index in [1.54, 1.807) is 23.5 Å². The van der Waals surface area contributed by atoms with Crippen molar-refractivity contribution in [2.75, 3.05) is 5.73 Å². The zero-order chi connectivity index (χ0) is 11.5. The third-order valence-electron chi connectivity index (χ3n) is 2.27. The second-order valence-electron chi connectivity index (χ2n) is 3.55. The monoisotopic (exact) mass is 232 g/mol. The highest BCUT2D eigenvalue weighted by molar-refractivity contribution is 7.09. The van der Waals surface area contributed by atoms with Crippen LogP contribution in [0.5, 0.6) is 0 Å². The topological polar surface area (TPSA) is 56.0 Å². The smallest absolute Gasteiger partial charge is 0.170 e. The van der Waals surface area contributed by atoms with Crippen LogP contribution < -0.4 is 5.73 Å². The molecule has 0 saturated carbocycles. The lowest BCUT2D eigenvalue weighted by Crippen LogP contribution is -2.07. The molecule has 4 heteroatoms. The molecule has 2 rings (SSSR count). The van der Waals surface area contributed by atoms with Gasteiger partial charge in [-0.1, -0.05) is 12.1 Å². The largest absolute Gasteiger partial charge is 0.398 e. The van der Waals surface area contributed by atoms with Gasteiger partial charge in [-0.3, -0.25) is 4.79 Å². The average Bonchev–Trinajstić information content (AvgIpc) is 2.64. The number of nitrogen functional groups attached to an aromatic ring is 1. The van der Waals surface area contributed by atoms with Crippen molar-refractivity contribution in [1.82, 2.24) is 4.98 Å². The summed E-state index contributed by atoms with van der Waals surface area (Å²) in [6, 6.07) is 7.12. The van der Waals surface area contributed by atoms with E-state index in [1.165, 1.54) is 0 Å². The summed E-state index contributed by atoms with van der Waals surface area (Å²) in [6.07, 6.45) is 0.318. The number of anilines is 1. The van der Waals surface area contributed by atoms with E-state index in [0.717, 1.165) is 10.7 Å². The number of aryl methyl sites for hydroxylation is 1. The van der Waals surface area contributed by atoms with Crippen LogP contribution in [0.25, 0.3) is 0 Å². The maximum atomic E-state index is 11.9. The number of nitrogens with zero attached hydrogens (tertiary/aromatic N) is 1. The minimum absolute atomic E-state index is 0.0170. The van der Waals surface area contributed by atoms with E-state index in [4.69, 9.17) is 5.73 Å². The van der Waals surface area contributed by atoms with E-state index in [9.17, 15) is 4.79 Å². The van der Waals surface area contributed by atoms with E-state index in [1.807, 2.05) is 24.4 Å². The van der Waals surface area contributed by atoms with Gasteiger partial charge < -0.3 is 5.73 Å². The first-order valence-electron chi connectivity index (χ1n) is 4.95. The predicted molar refractivity (Wildman–Crippen MR) is 65.7 cm³/mol. The molecule has 0 aliphatic rings. The van der Waals surface area contributed by atoms with Gasteiger partial charge in [0, 0.05) is 16.6 Å². The number of rotatable bonds is 3. The van der Waals surface area contributed by atoms with E-state index in [0.29, 0.717) is 17.7 Å². The highest BCUT2D eigenvalue weighted by Crippen LogP contribution is 2.15. The Balaban J connectivity index is 2.18. The van der Waals surface area contributed by atoms with Gasteiger partial charge in [-0.15, -0.1) is 11.3 Å². The number of nitrogens with two attached hydrogens (primary N) is 1. The molecule has 0 aliphatic heterocycles. The molecule has 0 fully saturated rings. The molecule has 2 N–H and O–H groups in total. The molecule has 0 amide bonds. The summed E-state index contributed by atoms with van der Waals surface area (Å²) >= 11 is 1.55. The number of hydrogen-bond donors (Lipinski definition) is 1. The highest BCUT2D eigenvalue weighted by Gasteiger charge is 2.11. The maximum Gasteiger partial charge on any atom is 0.170 e. The molecule has 0 aliphatic carbocycles. The van der Waals surface area contributed by atoms with E-state index >= 15 is 0 Å². The van der Waals surface area contributed by atoms with E-state index in [-0.39, 0.29) is 5.78 Å². The lowest BCUT2D eigenvalue weighted by molar-refractivity contribution is 0.0993. The Labute approximate surface area is 97.9 Å². The highest BCUT2D eigenvalue weighted by atomic mass is 32.1. The molecule has 0 bridgehead atoms. The summed E-state index contributed by atoms with van der Waals surface area (Å²) in [5.74, 6) is 0.0170. The fourth-order valence-electron chi connectivity index (χ4n) is 1.50. The molecule has 16 heavy (non-hydrogen) atoms. The summed E-state index contributed by atoms with van der Waals surface area (Å²) in [5, 5.41) is 2.88. The van der Waals surface area contributed by atoms with Crippen LogP contribution in [-0.2, 0) is 6.42 Å². The summed E-state index contributed by atoms with van der Waals surface area (Å²) in [4.78, 5) is 16.2. The minimum Gasteiger partial charge on any atom is -0.398 e. The van der Waals surface area contributed by atoms with Crippen molar-refractivity contribution in [3.05, 3.63) is 45.9 Å². The fourth-order valence-corrected chi connectivity index (χ4v) is 2.11. The van der Waals surface area contributed by atoms with Gasteiger partial charge >= 0.3 is 0 Å². The molecule has 2 aromatic rings. The molecule has 0 spiro atoms. The van der Waals surface area contributed by atoms with E-state index < -0.39 is 0 Å². The number of benzene rings is 1. The van der Waals surface area contributed by atoms with Crippen LogP contribution in [0.15, 0.2) is 29.6 Å². The van der Waals surface area contributed by atoms with Crippen molar-refractivity contribution in [2.45, 2.75) is 13.3 Å². The number of hydrogen-bond acceptors (Lipinski definition) is 4. The lowest BCUT2D eigenvalue weighted by atomic mass is 10.1. The normalized spacial score (nSPS) is 10.3. The molecule has 82 valence electrons. The molecule has 3 nitrogen and oxygen atoms in total. The summed E-state index contributed by atoms with van der Waals surface area (Å²) < 4.78 is 0. The van der Waals surface area contributed by atoms with Gasteiger partial charge in [0.1, 0.15) is 0 Å². The zero-order valence-electron chi connectivity index (χ0n) is 8.93. The van der Waals surface area contributed by atoms with E-state index in [2.05, 4.69) is 4.98 Å². The standard InChI is InChI=1S/C12H12N2OS/c1-8-14-9(7-16-8)6-12(15)10-4-2-3-5-11(10)13/h2-5,7H,6,13H2,1H3. The van der Waals surface area contributed by atoms with Gasteiger partial charge in [0.15, 0.2) is 5.78 Å². The van der Waals surface area contributed by atoms with Crippen molar-refractivity contribution in [3.8, 4) is 0 Å². The maximum absolute atomic E-state index is 11.9. The molecule has 1 heterocycles. The Morgan fingerprint density at radius 1 is 1.44 bits per heavy atom. The Kier molecular flexibility index (Phi) is 3.01. The van der Waals surface area contributed by atoms with Gasteiger partial charge in [-0.2, -0.15) is 0 Å².